The van der Waals surface area contributed by atoms with E-state index in [2.05, 4.69) is 0 Å². The van der Waals surface area contributed by atoms with E-state index in [4.69, 9.17) is 9.47 Å². The summed E-state index contributed by atoms with van der Waals surface area (Å²) in [6.07, 6.45) is 2.69. The van der Waals surface area contributed by atoms with Gasteiger partial charge in [-0.1, -0.05) is 0 Å². The van der Waals surface area contributed by atoms with Crippen LogP contribution in [0.25, 0.3) is 0 Å². The van der Waals surface area contributed by atoms with Gasteiger partial charge in [0.1, 0.15) is 5.75 Å². The van der Waals surface area contributed by atoms with Crippen molar-refractivity contribution < 1.29 is 19.1 Å². The maximum absolute atomic E-state index is 12.0. The van der Waals surface area contributed by atoms with Crippen molar-refractivity contribution in [2.45, 2.75) is 26.2 Å². The van der Waals surface area contributed by atoms with E-state index in [0.29, 0.717) is 5.56 Å². The highest BCUT2D eigenvalue weighted by molar-refractivity contribution is 6.41. The molecule has 1 aliphatic rings. The van der Waals surface area contributed by atoms with Crippen molar-refractivity contribution in [1.82, 2.24) is 0 Å². The van der Waals surface area contributed by atoms with Gasteiger partial charge in [-0.05, 0) is 49.4 Å². The molecule has 0 amide bonds. The van der Waals surface area contributed by atoms with Crippen molar-refractivity contribution in [1.29, 1.82) is 0 Å². The molecule has 4 heteroatoms. The molecule has 1 aliphatic carbocycles. The fourth-order valence-corrected chi connectivity index (χ4v) is 2.38. The van der Waals surface area contributed by atoms with Gasteiger partial charge in [-0.3, -0.25) is 4.79 Å². The fourth-order valence-electron chi connectivity index (χ4n) is 2.38. The summed E-state index contributed by atoms with van der Waals surface area (Å²) < 4.78 is 10.0. The molecule has 0 aromatic heterocycles. The maximum atomic E-state index is 12.0. The first-order valence-corrected chi connectivity index (χ1v) is 6.09. The van der Waals surface area contributed by atoms with Gasteiger partial charge in [0.25, 0.3) is 5.78 Å². The van der Waals surface area contributed by atoms with Gasteiger partial charge in [0, 0.05) is 5.56 Å². The first kappa shape index (κ1) is 12.6. The summed E-state index contributed by atoms with van der Waals surface area (Å²) >= 11 is 0. The van der Waals surface area contributed by atoms with Crippen molar-refractivity contribution in [3.8, 4) is 5.75 Å². The Kier molecular flexibility index (Phi) is 3.65. The third kappa shape index (κ3) is 2.10. The lowest BCUT2D eigenvalue weighted by molar-refractivity contribution is -0.137. The average molecular weight is 248 g/mol. The van der Waals surface area contributed by atoms with Crippen LogP contribution >= 0.6 is 0 Å². The molecule has 0 atom stereocenters. The molecule has 0 bridgehead atoms. The van der Waals surface area contributed by atoms with Crippen molar-refractivity contribution in [3.05, 3.63) is 28.8 Å². The summed E-state index contributed by atoms with van der Waals surface area (Å²) in [6, 6.07) is 3.40. The molecule has 0 aliphatic heterocycles. The second kappa shape index (κ2) is 5.21. The first-order valence-electron chi connectivity index (χ1n) is 6.09. The minimum absolute atomic E-state index is 0.211. The van der Waals surface area contributed by atoms with E-state index in [9.17, 15) is 9.59 Å². The molecule has 0 radical (unpaired) electrons. The average Bonchev–Trinajstić information content (AvgIpc) is 2.86. The number of carbonyl (C=O) groups excluding carboxylic acids is 2. The standard InChI is InChI=1S/C14H16O4/c1-3-18-14(16)13(15)11-7-8-12(17-2)10-6-4-5-9(10)11/h7-8H,3-6H2,1-2H3. The van der Waals surface area contributed by atoms with Crippen LogP contribution in [0.2, 0.25) is 0 Å². The van der Waals surface area contributed by atoms with Gasteiger partial charge in [0.2, 0.25) is 0 Å². The number of Topliss-reactive ketones (excluding diaryl/α,β-unsaturated/α-hetero) is 1. The Balaban J connectivity index is 2.38. The van der Waals surface area contributed by atoms with Crippen LogP contribution in [0.3, 0.4) is 0 Å². The number of rotatable bonds is 4. The lowest BCUT2D eigenvalue weighted by Gasteiger charge is -2.10. The Bertz CT molecular complexity index is 491. The summed E-state index contributed by atoms with van der Waals surface area (Å²) in [5.74, 6) is -0.544. The third-order valence-corrected chi connectivity index (χ3v) is 3.17. The number of methoxy groups -OCH3 is 1. The highest BCUT2D eigenvalue weighted by atomic mass is 16.5. The molecule has 1 aromatic rings. The van der Waals surface area contributed by atoms with Crippen molar-refractivity contribution in [2.75, 3.05) is 13.7 Å². The highest BCUT2D eigenvalue weighted by Gasteiger charge is 2.26. The summed E-state index contributed by atoms with van der Waals surface area (Å²) in [5, 5.41) is 0. The molecule has 0 saturated carbocycles. The Hall–Kier alpha value is -1.84. The van der Waals surface area contributed by atoms with Gasteiger partial charge in [-0.2, -0.15) is 0 Å². The normalized spacial score (nSPS) is 13.0. The van der Waals surface area contributed by atoms with Crippen LogP contribution in [0.5, 0.6) is 5.75 Å². The quantitative estimate of drug-likeness (QED) is 0.464. The summed E-state index contributed by atoms with van der Waals surface area (Å²) in [7, 11) is 1.61. The molecule has 0 fully saturated rings. The van der Waals surface area contributed by atoms with Crippen LogP contribution in [-0.4, -0.2) is 25.5 Å². The molecular weight excluding hydrogens is 232 g/mol. The Morgan fingerprint density at radius 2 is 1.94 bits per heavy atom. The number of ether oxygens (including phenoxy) is 2. The van der Waals surface area contributed by atoms with Gasteiger partial charge < -0.3 is 9.47 Å². The van der Waals surface area contributed by atoms with E-state index in [1.807, 2.05) is 0 Å². The highest BCUT2D eigenvalue weighted by Crippen LogP contribution is 2.33. The lowest BCUT2D eigenvalue weighted by Crippen LogP contribution is -2.19. The zero-order valence-corrected chi connectivity index (χ0v) is 10.6. The molecule has 0 saturated heterocycles. The number of benzene rings is 1. The van der Waals surface area contributed by atoms with Crippen molar-refractivity contribution in [2.24, 2.45) is 0 Å². The second-order valence-electron chi connectivity index (χ2n) is 4.18. The SMILES string of the molecule is CCOC(=O)C(=O)c1ccc(OC)c2c1CCC2. The first-order chi connectivity index (χ1) is 8.69. The van der Waals surface area contributed by atoms with Crippen LogP contribution < -0.4 is 4.74 Å². The number of hydrogen-bond donors (Lipinski definition) is 0. The third-order valence-electron chi connectivity index (χ3n) is 3.17. The van der Waals surface area contributed by atoms with E-state index < -0.39 is 11.8 Å². The number of hydrogen-bond acceptors (Lipinski definition) is 4. The fraction of sp³-hybridized carbons (Fsp3) is 0.429. The smallest absolute Gasteiger partial charge is 0.379 e. The minimum Gasteiger partial charge on any atom is -0.496 e. The molecule has 1 aromatic carbocycles. The Labute approximate surface area is 106 Å². The zero-order chi connectivity index (χ0) is 13.1. The molecule has 0 spiro atoms. The second-order valence-corrected chi connectivity index (χ2v) is 4.18. The molecule has 0 heterocycles. The predicted octanol–water partition coefficient (Wildman–Crippen LogP) is 1.93. The van der Waals surface area contributed by atoms with Gasteiger partial charge in [-0.25, -0.2) is 4.79 Å². The number of ketones is 1. The molecule has 96 valence electrons. The molecule has 18 heavy (non-hydrogen) atoms. The Morgan fingerprint density at radius 3 is 2.61 bits per heavy atom. The van der Waals surface area contributed by atoms with E-state index in [-0.39, 0.29) is 6.61 Å². The lowest BCUT2D eigenvalue weighted by atomic mass is 9.99. The number of esters is 1. The van der Waals surface area contributed by atoms with Gasteiger partial charge >= 0.3 is 5.97 Å². The summed E-state index contributed by atoms with van der Waals surface area (Å²) in [5.41, 5.74) is 2.45. The molecule has 0 N–H and O–H groups in total. The summed E-state index contributed by atoms with van der Waals surface area (Å²) in [6.45, 7) is 1.90. The number of fused-ring (bicyclic) bond motifs is 1. The molecule has 2 rings (SSSR count). The molecule has 4 nitrogen and oxygen atoms in total. The predicted molar refractivity (Wildman–Crippen MR) is 66.0 cm³/mol. The topological polar surface area (TPSA) is 52.6 Å². The summed E-state index contributed by atoms with van der Waals surface area (Å²) in [4.78, 5) is 23.5. The monoisotopic (exact) mass is 248 g/mol. The number of carbonyl (C=O) groups is 2. The van der Waals surface area contributed by atoms with Crippen LogP contribution in [0, 0.1) is 0 Å². The van der Waals surface area contributed by atoms with Gasteiger partial charge in [0.15, 0.2) is 0 Å². The van der Waals surface area contributed by atoms with E-state index in [1.165, 1.54) is 0 Å². The van der Waals surface area contributed by atoms with Crippen molar-refractivity contribution in [3.63, 3.8) is 0 Å². The molecular formula is C14H16O4. The van der Waals surface area contributed by atoms with Gasteiger partial charge in [-0.15, -0.1) is 0 Å². The van der Waals surface area contributed by atoms with Crippen molar-refractivity contribution >= 4 is 11.8 Å². The molecule has 0 unspecified atom stereocenters. The van der Waals surface area contributed by atoms with Crippen LogP contribution in [-0.2, 0) is 22.4 Å². The zero-order valence-electron chi connectivity index (χ0n) is 10.6. The largest absolute Gasteiger partial charge is 0.496 e. The van der Waals surface area contributed by atoms with E-state index in [1.54, 1.807) is 26.2 Å². The maximum Gasteiger partial charge on any atom is 0.379 e. The van der Waals surface area contributed by atoms with Crippen LogP contribution in [0.1, 0.15) is 34.8 Å². The van der Waals surface area contributed by atoms with E-state index in [0.717, 1.165) is 36.1 Å². The minimum atomic E-state index is -0.781. The van der Waals surface area contributed by atoms with E-state index >= 15 is 0 Å². The Morgan fingerprint density at radius 1 is 1.22 bits per heavy atom. The van der Waals surface area contributed by atoms with Crippen LogP contribution in [0.4, 0.5) is 0 Å². The van der Waals surface area contributed by atoms with Gasteiger partial charge in [0.05, 0.1) is 13.7 Å². The van der Waals surface area contributed by atoms with Crippen LogP contribution in [0.15, 0.2) is 12.1 Å².